The van der Waals surface area contributed by atoms with Crippen LogP contribution in [-0.2, 0) is 32.0 Å². The van der Waals surface area contributed by atoms with E-state index < -0.39 is 17.2 Å². The summed E-state index contributed by atoms with van der Waals surface area (Å²) in [5.74, 6) is -0.778. The summed E-state index contributed by atoms with van der Waals surface area (Å²) in [5.41, 5.74) is 0.903. The first-order valence-electron chi connectivity index (χ1n) is 10.2. The van der Waals surface area contributed by atoms with E-state index in [1.54, 1.807) is 24.3 Å². The van der Waals surface area contributed by atoms with Gasteiger partial charge >= 0.3 is 5.69 Å². The van der Waals surface area contributed by atoms with Crippen molar-refractivity contribution in [1.82, 2.24) is 24.0 Å². The fourth-order valence-electron chi connectivity index (χ4n) is 3.52. The number of benzene rings is 2. The molecule has 4 aromatic rings. The Morgan fingerprint density at radius 1 is 0.939 bits per heavy atom. The molecule has 10 nitrogen and oxygen atoms in total. The molecule has 2 amide bonds. The van der Waals surface area contributed by atoms with Gasteiger partial charge in [0.1, 0.15) is 6.54 Å². The van der Waals surface area contributed by atoms with Crippen LogP contribution < -0.4 is 21.9 Å². The highest BCUT2D eigenvalue weighted by atomic mass is 16.2. The van der Waals surface area contributed by atoms with Gasteiger partial charge in [-0.25, -0.2) is 9.78 Å². The summed E-state index contributed by atoms with van der Waals surface area (Å²) in [5, 5.41) is 5.57. The van der Waals surface area contributed by atoms with Crippen molar-refractivity contribution in [2.24, 2.45) is 14.1 Å². The zero-order chi connectivity index (χ0) is 23.5. The minimum Gasteiger partial charge on any atom is -0.348 e. The van der Waals surface area contributed by atoms with E-state index in [0.29, 0.717) is 17.8 Å². The number of nitrogens with zero attached hydrogens (tertiary/aromatic N) is 4. The molecule has 2 aromatic carbocycles. The molecule has 0 aliphatic rings. The van der Waals surface area contributed by atoms with Crippen molar-refractivity contribution >= 4 is 28.7 Å². The van der Waals surface area contributed by atoms with E-state index in [0.717, 1.165) is 10.1 Å². The number of anilines is 1. The van der Waals surface area contributed by atoms with Crippen LogP contribution in [0.4, 0.5) is 5.69 Å². The third-order valence-corrected chi connectivity index (χ3v) is 5.27. The van der Waals surface area contributed by atoms with Crippen molar-refractivity contribution in [3.8, 4) is 0 Å². The van der Waals surface area contributed by atoms with E-state index in [1.165, 1.54) is 29.6 Å². The van der Waals surface area contributed by atoms with Crippen LogP contribution >= 0.6 is 0 Å². The third-order valence-electron chi connectivity index (χ3n) is 5.27. The van der Waals surface area contributed by atoms with Gasteiger partial charge < -0.3 is 15.2 Å². The zero-order valence-electron chi connectivity index (χ0n) is 18.1. The Bertz CT molecular complexity index is 1470. The van der Waals surface area contributed by atoms with Crippen LogP contribution in [0.1, 0.15) is 15.9 Å². The Morgan fingerprint density at radius 2 is 1.64 bits per heavy atom. The Labute approximate surface area is 188 Å². The molecule has 168 valence electrons. The second-order valence-corrected chi connectivity index (χ2v) is 7.51. The topological polar surface area (TPSA) is 120 Å². The fourth-order valence-corrected chi connectivity index (χ4v) is 3.52. The van der Waals surface area contributed by atoms with Crippen LogP contribution in [0, 0.1) is 0 Å². The minimum atomic E-state index is -0.543. The van der Waals surface area contributed by atoms with Crippen LogP contribution in [0.5, 0.6) is 0 Å². The van der Waals surface area contributed by atoms with Gasteiger partial charge in [-0.2, -0.15) is 0 Å². The van der Waals surface area contributed by atoms with Gasteiger partial charge in [0.15, 0.2) is 11.2 Å². The number of carbonyl (C=O) groups excluding carboxylic acids is 2. The highest BCUT2D eigenvalue weighted by molar-refractivity contribution is 6.03. The van der Waals surface area contributed by atoms with E-state index in [1.807, 2.05) is 30.3 Å². The van der Waals surface area contributed by atoms with Crippen molar-refractivity contribution in [3.63, 3.8) is 0 Å². The number of hydrogen-bond donors (Lipinski definition) is 2. The van der Waals surface area contributed by atoms with E-state index >= 15 is 0 Å². The first-order chi connectivity index (χ1) is 15.9. The number of hydrogen-bond acceptors (Lipinski definition) is 5. The normalized spacial score (nSPS) is 10.8. The average Bonchev–Trinajstić information content (AvgIpc) is 3.24. The largest absolute Gasteiger partial charge is 0.348 e. The van der Waals surface area contributed by atoms with Gasteiger partial charge in [-0.05, 0) is 17.7 Å². The molecule has 2 N–H and O–H groups in total. The van der Waals surface area contributed by atoms with Crippen LogP contribution in [-0.4, -0.2) is 30.5 Å². The molecule has 33 heavy (non-hydrogen) atoms. The van der Waals surface area contributed by atoms with Gasteiger partial charge in [-0.15, -0.1) is 0 Å². The molecule has 0 radical (unpaired) electrons. The van der Waals surface area contributed by atoms with Gasteiger partial charge in [0.2, 0.25) is 5.91 Å². The number of rotatable bonds is 6. The first kappa shape index (κ1) is 21.8. The molecule has 0 aliphatic heterocycles. The van der Waals surface area contributed by atoms with Crippen LogP contribution in [0.25, 0.3) is 11.2 Å². The summed E-state index contributed by atoms with van der Waals surface area (Å²) < 4.78 is 3.59. The maximum absolute atomic E-state index is 12.8. The quantitative estimate of drug-likeness (QED) is 0.458. The van der Waals surface area contributed by atoms with Crippen molar-refractivity contribution in [2.75, 3.05) is 5.32 Å². The summed E-state index contributed by atoms with van der Waals surface area (Å²) >= 11 is 0. The standard InChI is InChI=1S/C23H22N6O4/c1-27-20-19(22(32)28(2)23(27)33)29(14-25-20)13-18(30)26-17-11-7-6-10-16(17)21(31)24-12-15-8-4-3-5-9-15/h3-11,14H,12-13H2,1-2H3,(H,24,31)(H,26,30). The maximum atomic E-state index is 12.8. The van der Waals surface area contributed by atoms with Crippen molar-refractivity contribution in [3.05, 3.63) is 92.9 Å². The Hall–Kier alpha value is -4.47. The molecule has 4 rings (SSSR count). The lowest BCUT2D eigenvalue weighted by molar-refractivity contribution is -0.116. The summed E-state index contributed by atoms with van der Waals surface area (Å²) in [4.78, 5) is 54.2. The smallest absolute Gasteiger partial charge is 0.332 e. The first-order valence-corrected chi connectivity index (χ1v) is 10.2. The fraction of sp³-hybridized carbons (Fsp3) is 0.174. The number of imidazole rings is 1. The second-order valence-electron chi connectivity index (χ2n) is 7.51. The second kappa shape index (κ2) is 8.95. The monoisotopic (exact) mass is 446 g/mol. The Balaban J connectivity index is 1.53. The average molecular weight is 446 g/mol. The summed E-state index contributed by atoms with van der Waals surface area (Å²) in [6.07, 6.45) is 1.34. The molecule has 0 spiro atoms. The lowest BCUT2D eigenvalue weighted by Gasteiger charge is -2.12. The molecular formula is C23H22N6O4. The number of para-hydroxylation sites is 1. The number of fused-ring (bicyclic) bond motifs is 1. The van der Waals surface area contributed by atoms with E-state index in [2.05, 4.69) is 15.6 Å². The molecule has 0 atom stereocenters. The molecule has 0 saturated heterocycles. The molecule has 10 heteroatoms. The summed E-state index contributed by atoms with van der Waals surface area (Å²) in [6.45, 7) is 0.134. The maximum Gasteiger partial charge on any atom is 0.332 e. The van der Waals surface area contributed by atoms with Crippen LogP contribution in [0.15, 0.2) is 70.5 Å². The van der Waals surface area contributed by atoms with Crippen LogP contribution in [0.2, 0.25) is 0 Å². The van der Waals surface area contributed by atoms with Gasteiger partial charge in [0.25, 0.3) is 11.5 Å². The van der Waals surface area contributed by atoms with Crippen molar-refractivity contribution in [1.29, 1.82) is 0 Å². The molecule has 0 fully saturated rings. The highest BCUT2D eigenvalue weighted by Crippen LogP contribution is 2.16. The van der Waals surface area contributed by atoms with Gasteiger partial charge in [-0.1, -0.05) is 42.5 Å². The van der Waals surface area contributed by atoms with E-state index in [9.17, 15) is 19.2 Å². The van der Waals surface area contributed by atoms with Crippen LogP contribution in [0.3, 0.4) is 0 Å². The number of carbonyl (C=O) groups is 2. The van der Waals surface area contributed by atoms with E-state index in [4.69, 9.17) is 0 Å². The third kappa shape index (κ3) is 4.31. The number of nitrogens with one attached hydrogen (secondary N) is 2. The SMILES string of the molecule is Cn1c(=O)c2c(ncn2CC(=O)Nc2ccccc2C(=O)NCc2ccccc2)n(C)c1=O. The van der Waals surface area contributed by atoms with Gasteiger partial charge in [0.05, 0.1) is 17.6 Å². The van der Waals surface area contributed by atoms with Crippen molar-refractivity contribution < 1.29 is 9.59 Å². The van der Waals surface area contributed by atoms with E-state index in [-0.39, 0.29) is 23.6 Å². The van der Waals surface area contributed by atoms with Gasteiger partial charge in [0, 0.05) is 20.6 Å². The molecule has 0 bridgehead atoms. The number of amides is 2. The summed E-state index contributed by atoms with van der Waals surface area (Å²) in [7, 11) is 2.87. The molecule has 2 aromatic heterocycles. The molecule has 2 heterocycles. The molecule has 0 unspecified atom stereocenters. The zero-order valence-corrected chi connectivity index (χ0v) is 18.1. The Kier molecular flexibility index (Phi) is 5.90. The highest BCUT2D eigenvalue weighted by Gasteiger charge is 2.17. The molecule has 0 saturated carbocycles. The number of aryl methyl sites for hydroxylation is 1. The molecular weight excluding hydrogens is 424 g/mol. The van der Waals surface area contributed by atoms with Gasteiger partial charge in [-0.3, -0.25) is 23.5 Å². The number of aromatic nitrogens is 4. The minimum absolute atomic E-state index is 0.142. The summed E-state index contributed by atoms with van der Waals surface area (Å²) in [6, 6.07) is 16.2. The van der Waals surface area contributed by atoms with Crippen molar-refractivity contribution in [2.45, 2.75) is 13.1 Å². The predicted molar refractivity (Wildman–Crippen MR) is 123 cm³/mol. The predicted octanol–water partition coefficient (Wildman–Crippen LogP) is 1.00. The Morgan fingerprint density at radius 3 is 2.39 bits per heavy atom. The lowest BCUT2D eigenvalue weighted by atomic mass is 10.1. The molecule has 0 aliphatic carbocycles. The lowest BCUT2D eigenvalue weighted by Crippen LogP contribution is -2.37.